The second-order valence-electron chi connectivity index (χ2n) is 7.03. The summed E-state index contributed by atoms with van der Waals surface area (Å²) in [7, 11) is 0. The highest BCUT2D eigenvalue weighted by Gasteiger charge is 2.56. The molecule has 2 N–H and O–H groups in total. The van der Waals surface area contributed by atoms with Crippen LogP contribution >= 0.6 is 0 Å². The lowest BCUT2D eigenvalue weighted by molar-refractivity contribution is -0.126. The minimum absolute atomic E-state index is 0.414. The summed E-state index contributed by atoms with van der Waals surface area (Å²) in [5.41, 5.74) is 2.37. The number of amides is 1. The number of cyclic esters (lactones) is 1. The van der Waals surface area contributed by atoms with E-state index in [9.17, 15) is 9.90 Å². The van der Waals surface area contributed by atoms with E-state index >= 15 is 0 Å². The van der Waals surface area contributed by atoms with Crippen LogP contribution in [0.5, 0.6) is 0 Å². The molecule has 1 atom stereocenters. The molecule has 0 saturated carbocycles. The Morgan fingerprint density at radius 3 is 2.57 bits per heavy atom. The SMILES string of the molecule is Cc1[nH]c2c(C)cccc2c1CCN1C(=O)OC(C)(C)C1(C)O. The predicted octanol–water partition coefficient (Wildman–Crippen LogP) is 3.27. The quantitative estimate of drug-likeness (QED) is 0.913. The van der Waals surface area contributed by atoms with Gasteiger partial charge in [0.05, 0.1) is 0 Å². The molecule has 5 nitrogen and oxygen atoms in total. The minimum atomic E-state index is -1.32. The third-order valence-electron chi connectivity index (χ3n) is 5.18. The Hall–Kier alpha value is -2.01. The number of aliphatic hydroxyl groups is 1. The second kappa shape index (κ2) is 4.99. The number of carbonyl (C=O) groups excluding carboxylic acids is 1. The van der Waals surface area contributed by atoms with E-state index in [0.29, 0.717) is 13.0 Å². The fourth-order valence-corrected chi connectivity index (χ4v) is 3.28. The number of hydrogen-bond donors (Lipinski definition) is 2. The molecule has 23 heavy (non-hydrogen) atoms. The number of nitrogens with one attached hydrogen (secondary N) is 1. The number of para-hydroxylation sites is 1. The number of ether oxygens (including phenoxy) is 1. The zero-order chi connectivity index (χ0) is 17.0. The van der Waals surface area contributed by atoms with Crippen LogP contribution in [0.25, 0.3) is 10.9 Å². The number of carbonyl (C=O) groups is 1. The van der Waals surface area contributed by atoms with E-state index in [1.165, 1.54) is 21.4 Å². The molecule has 1 aromatic carbocycles. The Morgan fingerprint density at radius 1 is 1.26 bits per heavy atom. The highest BCUT2D eigenvalue weighted by Crippen LogP contribution is 2.37. The van der Waals surface area contributed by atoms with Crippen LogP contribution in [-0.4, -0.2) is 39.0 Å². The monoisotopic (exact) mass is 316 g/mol. The zero-order valence-corrected chi connectivity index (χ0v) is 14.4. The first-order chi connectivity index (χ1) is 10.6. The van der Waals surface area contributed by atoms with Gasteiger partial charge >= 0.3 is 6.09 Å². The Labute approximate surface area is 136 Å². The molecule has 1 unspecified atom stereocenters. The molecular weight excluding hydrogens is 292 g/mol. The summed E-state index contributed by atoms with van der Waals surface area (Å²) in [6.07, 6.45) is 0.199. The molecule has 2 aromatic rings. The first kappa shape index (κ1) is 15.9. The number of rotatable bonds is 3. The number of H-pyrrole nitrogens is 1. The zero-order valence-electron chi connectivity index (χ0n) is 14.4. The smallest absolute Gasteiger partial charge is 0.412 e. The molecule has 1 saturated heterocycles. The summed E-state index contributed by atoms with van der Waals surface area (Å²) in [4.78, 5) is 16.9. The molecule has 1 aromatic heterocycles. The number of aryl methyl sites for hydroxylation is 2. The molecule has 1 amide bonds. The van der Waals surface area contributed by atoms with Gasteiger partial charge in [-0.25, -0.2) is 4.79 Å². The molecule has 5 heteroatoms. The first-order valence-electron chi connectivity index (χ1n) is 7.95. The van der Waals surface area contributed by atoms with Gasteiger partial charge < -0.3 is 14.8 Å². The van der Waals surface area contributed by atoms with Gasteiger partial charge in [0.25, 0.3) is 0 Å². The normalized spacial score (nSPS) is 23.6. The Kier molecular flexibility index (Phi) is 3.45. The van der Waals surface area contributed by atoms with Gasteiger partial charge in [0, 0.05) is 23.1 Å². The number of aromatic amines is 1. The molecule has 2 heterocycles. The molecule has 1 aliphatic heterocycles. The summed E-state index contributed by atoms with van der Waals surface area (Å²) in [5.74, 6) is 0. The summed E-state index contributed by atoms with van der Waals surface area (Å²) in [5, 5.41) is 11.9. The van der Waals surface area contributed by atoms with E-state index in [1.54, 1.807) is 20.8 Å². The Balaban J connectivity index is 1.89. The van der Waals surface area contributed by atoms with Crippen molar-refractivity contribution in [2.45, 2.75) is 52.4 Å². The molecule has 1 aliphatic rings. The molecule has 0 spiro atoms. The van der Waals surface area contributed by atoms with E-state index in [0.717, 1.165) is 11.2 Å². The van der Waals surface area contributed by atoms with Crippen LogP contribution in [0.2, 0.25) is 0 Å². The number of nitrogens with zero attached hydrogens (tertiary/aromatic N) is 1. The standard InChI is InChI=1S/C18H24N2O3/c1-11-7-6-8-14-13(12(2)19-15(11)14)9-10-20-16(21)23-17(3,4)18(20,5)22/h6-8,19,22H,9-10H2,1-5H3. The van der Waals surface area contributed by atoms with E-state index in [4.69, 9.17) is 4.74 Å². The maximum absolute atomic E-state index is 12.1. The van der Waals surface area contributed by atoms with Crippen LogP contribution in [-0.2, 0) is 11.2 Å². The molecule has 3 rings (SSSR count). The van der Waals surface area contributed by atoms with Crippen LogP contribution in [0, 0.1) is 13.8 Å². The maximum Gasteiger partial charge on any atom is 0.412 e. The molecule has 124 valence electrons. The number of benzene rings is 1. The predicted molar refractivity (Wildman–Crippen MR) is 89.4 cm³/mol. The van der Waals surface area contributed by atoms with Crippen LogP contribution in [0.4, 0.5) is 4.79 Å². The van der Waals surface area contributed by atoms with Crippen molar-refractivity contribution >= 4 is 17.0 Å². The van der Waals surface area contributed by atoms with Crippen molar-refractivity contribution in [2.24, 2.45) is 0 Å². The van der Waals surface area contributed by atoms with E-state index < -0.39 is 17.4 Å². The largest absolute Gasteiger partial charge is 0.438 e. The number of fused-ring (bicyclic) bond motifs is 1. The van der Waals surface area contributed by atoms with Crippen LogP contribution in [0.1, 0.15) is 37.6 Å². The van der Waals surface area contributed by atoms with Crippen molar-refractivity contribution in [2.75, 3.05) is 6.54 Å². The van der Waals surface area contributed by atoms with Crippen molar-refractivity contribution in [3.63, 3.8) is 0 Å². The minimum Gasteiger partial charge on any atom is -0.438 e. The second-order valence-corrected chi connectivity index (χ2v) is 7.03. The van der Waals surface area contributed by atoms with Crippen molar-refractivity contribution in [3.05, 3.63) is 35.0 Å². The summed E-state index contributed by atoms with van der Waals surface area (Å²) < 4.78 is 5.31. The average Bonchev–Trinajstić information content (AvgIpc) is 2.82. The summed E-state index contributed by atoms with van der Waals surface area (Å²) >= 11 is 0. The van der Waals surface area contributed by atoms with Gasteiger partial charge in [0.15, 0.2) is 11.3 Å². The highest BCUT2D eigenvalue weighted by molar-refractivity contribution is 5.87. The van der Waals surface area contributed by atoms with Crippen LogP contribution in [0.3, 0.4) is 0 Å². The van der Waals surface area contributed by atoms with Gasteiger partial charge in [-0.05, 0) is 52.2 Å². The van der Waals surface area contributed by atoms with Crippen molar-refractivity contribution in [1.82, 2.24) is 9.88 Å². The molecule has 0 aliphatic carbocycles. The van der Waals surface area contributed by atoms with Gasteiger partial charge in [0.1, 0.15) is 0 Å². The van der Waals surface area contributed by atoms with Crippen molar-refractivity contribution in [3.8, 4) is 0 Å². The molecule has 0 radical (unpaired) electrons. The average molecular weight is 316 g/mol. The summed E-state index contributed by atoms with van der Waals surface area (Å²) in [6.45, 7) is 9.61. The highest BCUT2D eigenvalue weighted by atomic mass is 16.6. The van der Waals surface area contributed by atoms with Crippen molar-refractivity contribution < 1.29 is 14.6 Å². The number of aromatic nitrogens is 1. The Morgan fingerprint density at radius 2 is 1.96 bits per heavy atom. The van der Waals surface area contributed by atoms with Gasteiger partial charge in [-0.2, -0.15) is 0 Å². The topological polar surface area (TPSA) is 65.6 Å². The van der Waals surface area contributed by atoms with Crippen LogP contribution < -0.4 is 0 Å². The molecule has 0 bridgehead atoms. The molecule has 1 fully saturated rings. The van der Waals surface area contributed by atoms with Gasteiger partial charge in [-0.15, -0.1) is 0 Å². The fourth-order valence-electron chi connectivity index (χ4n) is 3.28. The lowest BCUT2D eigenvalue weighted by atomic mass is 9.95. The van der Waals surface area contributed by atoms with Gasteiger partial charge in [-0.3, -0.25) is 4.90 Å². The lowest BCUT2D eigenvalue weighted by Gasteiger charge is -2.34. The first-order valence-corrected chi connectivity index (χ1v) is 7.95. The third-order valence-corrected chi connectivity index (χ3v) is 5.18. The maximum atomic E-state index is 12.1. The van der Waals surface area contributed by atoms with E-state index in [2.05, 4.69) is 24.0 Å². The Bertz CT molecular complexity index is 774. The summed E-state index contributed by atoms with van der Waals surface area (Å²) in [6, 6.07) is 6.20. The van der Waals surface area contributed by atoms with Gasteiger partial charge in [0.2, 0.25) is 0 Å². The lowest BCUT2D eigenvalue weighted by Crippen LogP contribution is -2.54. The third kappa shape index (κ3) is 2.30. The van der Waals surface area contributed by atoms with Gasteiger partial charge in [-0.1, -0.05) is 18.2 Å². The molecular formula is C18H24N2O3. The fraction of sp³-hybridized carbons (Fsp3) is 0.500. The van der Waals surface area contributed by atoms with Crippen molar-refractivity contribution in [1.29, 1.82) is 0 Å². The van der Waals surface area contributed by atoms with Crippen LogP contribution in [0.15, 0.2) is 18.2 Å². The number of hydrogen-bond acceptors (Lipinski definition) is 3. The van der Waals surface area contributed by atoms with E-state index in [-0.39, 0.29) is 0 Å². The van der Waals surface area contributed by atoms with E-state index in [1.807, 2.05) is 13.0 Å².